The molecule has 1 saturated heterocycles. The number of ether oxygens (including phenoxy) is 1. The minimum atomic E-state index is -0.334. The van der Waals surface area contributed by atoms with E-state index in [-0.39, 0.29) is 16.1 Å². The molecule has 0 amide bonds. The van der Waals surface area contributed by atoms with Gasteiger partial charge in [-0.25, -0.2) is 4.39 Å². The first-order valence-corrected chi connectivity index (χ1v) is 7.33. The average Bonchev–Trinajstić information content (AvgIpc) is 2.36. The number of nitrogen functional groups attached to an aromatic ring is 1. The van der Waals surface area contributed by atoms with Gasteiger partial charge in [0.1, 0.15) is 5.84 Å². The summed E-state index contributed by atoms with van der Waals surface area (Å²) in [5.41, 5.74) is 5.77. The van der Waals surface area contributed by atoms with Crippen LogP contribution in [0.3, 0.4) is 0 Å². The molecule has 3 N–H and O–H groups in total. The molecule has 1 fully saturated rings. The van der Waals surface area contributed by atoms with Crippen molar-refractivity contribution in [2.24, 2.45) is 5.73 Å². The Hall–Kier alpha value is -0.590. The third kappa shape index (κ3) is 3.05. The number of amidine groups is 1. The number of benzene rings is 1. The third-order valence-electron chi connectivity index (χ3n) is 2.80. The molecule has 0 atom stereocenters. The zero-order valence-corrected chi connectivity index (χ0v) is 12.1. The average molecular weight is 333 g/mol. The molecule has 0 spiro atoms. The van der Waals surface area contributed by atoms with Crippen molar-refractivity contribution in [2.45, 2.75) is 23.0 Å². The van der Waals surface area contributed by atoms with Gasteiger partial charge < -0.3 is 10.5 Å². The molecule has 0 unspecified atom stereocenters. The Labute approximate surface area is 118 Å². The summed E-state index contributed by atoms with van der Waals surface area (Å²) in [5, 5.41) is 7.75. The molecular formula is C12H14BrFN2OS. The van der Waals surface area contributed by atoms with Crippen LogP contribution < -0.4 is 5.73 Å². The maximum atomic E-state index is 14.1. The SMILES string of the molecule is N=C(N)c1ccc(SC2CCOCC2)c(F)c1Br. The fraction of sp³-hybridized carbons (Fsp3) is 0.417. The van der Waals surface area contributed by atoms with Crippen LogP contribution in [-0.2, 0) is 4.74 Å². The number of hydrogen-bond acceptors (Lipinski definition) is 3. The summed E-state index contributed by atoms with van der Waals surface area (Å²) in [5.74, 6) is -0.470. The van der Waals surface area contributed by atoms with Crippen molar-refractivity contribution in [1.82, 2.24) is 0 Å². The van der Waals surface area contributed by atoms with Crippen LogP contribution in [-0.4, -0.2) is 24.3 Å². The van der Waals surface area contributed by atoms with Crippen LogP contribution in [0, 0.1) is 11.2 Å². The van der Waals surface area contributed by atoms with Gasteiger partial charge >= 0.3 is 0 Å². The second-order valence-corrected chi connectivity index (χ2v) is 6.22. The highest BCUT2D eigenvalue weighted by Crippen LogP contribution is 2.35. The van der Waals surface area contributed by atoms with E-state index in [4.69, 9.17) is 15.9 Å². The van der Waals surface area contributed by atoms with Crippen molar-refractivity contribution in [2.75, 3.05) is 13.2 Å². The van der Waals surface area contributed by atoms with E-state index >= 15 is 0 Å². The van der Waals surface area contributed by atoms with E-state index in [1.54, 1.807) is 12.1 Å². The monoisotopic (exact) mass is 332 g/mol. The molecule has 0 bridgehead atoms. The maximum absolute atomic E-state index is 14.1. The van der Waals surface area contributed by atoms with Crippen molar-refractivity contribution in [3.63, 3.8) is 0 Å². The molecule has 1 aromatic carbocycles. The van der Waals surface area contributed by atoms with Gasteiger partial charge in [-0.05, 0) is 40.9 Å². The molecule has 1 heterocycles. The maximum Gasteiger partial charge on any atom is 0.151 e. The van der Waals surface area contributed by atoms with Gasteiger partial charge in [-0.15, -0.1) is 11.8 Å². The van der Waals surface area contributed by atoms with E-state index in [0.29, 0.717) is 15.7 Å². The Balaban J connectivity index is 2.18. The van der Waals surface area contributed by atoms with Crippen LogP contribution in [0.5, 0.6) is 0 Å². The van der Waals surface area contributed by atoms with Crippen molar-refractivity contribution < 1.29 is 9.13 Å². The molecule has 1 aromatic rings. The quantitative estimate of drug-likeness (QED) is 0.660. The first-order valence-electron chi connectivity index (χ1n) is 5.66. The van der Waals surface area contributed by atoms with Gasteiger partial charge in [-0.3, -0.25) is 5.41 Å². The summed E-state index contributed by atoms with van der Waals surface area (Å²) in [6.07, 6.45) is 1.88. The Kier molecular flexibility index (Phi) is 4.64. The molecule has 0 radical (unpaired) electrons. The summed E-state index contributed by atoms with van der Waals surface area (Å²) in [6, 6.07) is 3.37. The predicted octanol–water partition coefficient (Wildman–Crippen LogP) is 3.14. The Bertz CT molecular complexity index is 464. The van der Waals surface area contributed by atoms with Crippen LogP contribution in [0.15, 0.2) is 21.5 Å². The van der Waals surface area contributed by atoms with Crippen molar-refractivity contribution >= 4 is 33.5 Å². The Morgan fingerprint density at radius 1 is 1.44 bits per heavy atom. The summed E-state index contributed by atoms with van der Waals surface area (Å²) in [4.78, 5) is 0.596. The first kappa shape index (κ1) is 13.8. The molecule has 3 nitrogen and oxygen atoms in total. The van der Waals surface area contributed by atoms with E-state index in [1.165, 1.54) is 11.8 Å². The lowest BCUT2D eigenvalue weighted by Crippen LogP contribution is -2.17. The van der Waals surface area contributed by atoms with E-state index in [9.17, 15) is 4.39 Å². The van der Waals surface area contributed by atoms with Gasteiger partial charge in [-0.2, -0.15) is 0 Å². The molecular weight excluding hydrogens is 319 g/mol. The zero-order chi connectivity index (χ0) is 13.1. The summed E-state index contributed by atoms with van der Waals surface area (Å²) in [6.45, 7) is 1.48. The van der Waals surface area contributed by atoms with Gasteiger partial charge in [0.2, 0.25) is 0 Å². The molecule has 1 aliphatic heterocycles. The standard InChI is InChI=1S/C12H14BrFN2OS/c13-10-8(12(15)16)1-2-9(11(10)14)18-7-3-5-17-6-4-7/h1-2,7H,3-6H2,(H3,15,16). The molecule has 0 aliphatic carbocycles. The topological polar surface area (TPSA) is 59.1 Å². The lowest BCUT2D eigenvalue weighted by molar-refractivity contribution is 0.1000. The summed E-state index contributed by atoms with van der Waals surface area (Å²) >= 11 is 4.69. The van der Waals surface area contributed by atoms with Gasteiger partial charge in [0.25, 0.3) is 0 Å². The van der Waals surface area contributed by atoms with Crippen LogP contribution in [0.4, 0.5) is 4.39 Å². The third-order valence-corrected chi connectivity index (χ3v) is 4.95. The van der Waals surface area contributed by atoms with Crippen molar-refractivity contribution in [3.8, 4) is 0 Å². The zero-order valence-electron chi connectivity index (χ0n) is 9.71. The molecule has 1 aliphatic rings. The van der Waals surface area contributed by atoms with Gasteiger partial charge in [0.15, 0.2) is 5.82 Å². The highest BCUT2D eigenvalue weighted by Gasteiger charge is 2.19. The molecule has 98 valence electrons. The number of hydrogen-bond donors (Lipinski definition) is 2. The van der Waals surface area contributed by atoms with Crippen LogP contribution in [0.2, 0.25) is 0 Å². The summed E-state index contributed by atoms with van der Waals surface area (Å²) in [7, 11) is 0. The number of halogens is 2. The Morgan fingerprint density at radius 2 is 2.11 bits per heavy atom. The van der Waals surface area contributed by atoms with E-state index < -0.39 is 0 Å². The van der Waals surface area contributed by atoms with Crippen LogP contribution in [0.25, 0.3) is 0 Å². The molecule has 2 rings (SSSR count). The van der Waals surface area contributed by atoms with E-state index in [1.807, 2.05) is 0 Å². The lowest BCUT2D eigenvalue weighted by atomic mass is 10.2. The van der Waals surface area contributed by atoms with Crippen molar-refractivity contribution in [1.29, 1.82) is 5.41 Å². The normalized spacial score (nSPS) is 16.8. The second-order valence-electron chi connectivity index (χ2n) is 4.08. The smallest absolute Gasteiger partial charge is 0.151 e. The minimum Gasteiger partial charge on any atom is -0.384 e. The second kappa shape index (κ2) is 6.04. The Morgan fingerprint density at radius 3 is 2.72 bits per heavy atom. The van der Waals surface area contributed by atoms with Gasteiger partial charge in [-0.1, -0.05) is 0 Å². The number of rotatable bonds is 3. The van der Waals surface area contributed by atoms with Crippen LogP contribution in [0.1, 0.15) is 18.4 Å². The molecule has 0 saturated carbocycles. The predicted molar refractivity (Wildman–Crippen MR) is 74.8 cm³/mol. The molecule has 6 heteroatoms. The number of nitrogens with one attached hydrogen (secondary N) is 1. The first-order chi connectivity index (χ1) is 8.59. The van der Waals surface area contributed by atoms with E-state index in [2.05, 4.69) is 15.9 Å². The fourth-order valence-electron chi connectivity index (χ4n) is 1.80. The number of nitrogens with two attached hydrogens (primary N) is 1. The largest absolute Gasteiger partial charge is 0.384 e. The van der Waals surface area contributed by atoms with E-state index in [0.717, 1.165) is 26.1 Å². The molecule has 0 aromatic heterocycles. The number of thioether (sulfide) groups is 1. The lowest BCUT2D eigenvalue weighted by Gasteiger charge is -2.22. The minimum absolute atomic E-state index is 0.136. The van der Waals surface area contributed by atoms with Crippen LogP contribution >= 0.6 is 27.7 Å². The molecule has 18 heavy (non-hydrogen) atoms. The summed E-state index contributed by atoms with van der Waals surface area (Å²) < 4.78 is 19.7. The highest BCUT2D eigenvalue weighted by atomic mass is 79.9. The van der Waals surface area contributed by atoms with Crippen molar-refractivity contribution in [3.05, 3.63) is 28.0 Å². The van der Waals surface area contributed by atoms with Gasteiger partial charge in [0.05, 0.1) is 4.47 Å². The highest BCUT2D eigenvalue weighted by molar-refractivity contribution is 9.10. The van der Waals surface area contributed by atoms with Gasteiger partial charge in [0, 0.05) is 28.9 Å². The fourth-order valence-corrected chi connectivity index (χ4v) is 3.63.